The Hall–Kier alpha value is -0.450. The van der Waals surface area contributed by atoms with Gasteiger partial charge in [0.25, 0.3) is 0 Å². The normalized spacial score (nSPS) is 11.5. The Balaban J connectivity index is 2.32. The summed E-state index contributed by atoms with van der Waals surface area (Å²) in [5, 5.41) is 0.565. The van der Waals surface area contributed by atoms with Gasteiger partial charge in [0.1, 0.15) is 5.75 Å². The van der Waals surface area contributed by atoms with E-state index in [0.717, 1.165) is 5.56 Å². The molecule has 0 saturated heterocycles. The van der Waals surface area contributed by atoms with Crippen LogP contribution in [0.25, 0.3) is 0 Å². The van der Waals surface area contributed by atoms with Gasteiger partial charge in [-0.3, -0.25) is 0 Å². The predicted molar refractivity (Wildman–Crippen MR) is 70.6 cm³/mol. The Morgan fingerprint density at radius 1 is 1.29 bits per heavy atom. The summed E-state index contributed by atoms with van der Waals surface area (Å²) in [6, 6.07) is 5.53. The van der Waals surface area contributed by atoms with Gasteiger partial charge in [-0.1, -0.05) is 17.7 Å². The van der Waals surface area contributed by atoms with Crippen LogP contribution in [-0.4, -0.2) is 20.8 Å². The summed E-state index contributed by atoms with van der Waals surface area (Å²) in [7, 11) is 1.69. The van der Waals surface area contributed by atoms with Crippen LogP contribution in [0, 0.1) is 6.92 Å². The smallest absolute Gasteiger partial charge is 0.232 e. The van der Waals surface area contributed by atoms with E-state index in [1.165, 1.54) is 0 Å². The number of unbranched alkanes of at least 4 members (excludes halogenated alkanes) is 1. The van der Waals surface area contributed by atoms with Gasteiger partial charge in [0.05, 0.1) is 17.4 Å². The van der Waals surface area contributed by atoms with Gasteiger partial charge >= 0.3 is 0 Å². The summed E-state index contributed by atoms with van der Waals surface area (Å²) in [6.45, 7) is 2.37. The number of halogens is 2. The third-order valence-corrected chi connectivity index (χ3v) is 3.66. The summed E-state index contributed by atoms with van der Waals surface area (Å²) in [6.07, 6.45) is 1.10. The van der Waals surface area contributed by atoms with Gasteiger partial charge in [-0.05, 0) is 37.5 Å². The maximum atomic E-state index is 10.7. The zero-order valence-corrected chi connectivity index (χ0v) is 11.8. The maximum absolute atomic E-state index is 10.7. The van der Waals surface area contributed by atoms with Gasteiger partial charge in [-0.15, -0.1) is 0 Å². The Labute approximate surface area is 111 Å². The molecule has 0 aliphatic heterocycles. The minimum absolute atomic E-state index is 0.0282. The minimum Gasteiger partial charge on any atom is -0.492 e. The summed E-state index contributed by atoms with van der Waals surface area (Å²) in [5.41, 5.74) is 1.07. The first-order chi connectivity index (χ1) is 7.88. The lowest BCUT2D eigenvalue weighted by atomic mass is 10.2. The van der Waals surface area contributed by atoms with Crippen molar-refractivity contribution in [2.45, 2.75) is 19.8 Å². The molecule has 0 spiro atoms. The molecule has 0 atom stereocenters. The lowest BCUT2D eigenvalue weighted by Crippen LogP contribution is -2.02. The standard InChI is InChI=1S/C11H14Cl2O3S/c1-9-4-5-11(10(12)8-9)16-6-2-3-7-17(13,14)15/h4-5,8H,2-3,6-7H2,1H3. The number of benzene rings is 1. The topological polar surface area (TPSA) is 43.4 Å². The number of rotatable bonds is 6. The molecule has 0 bridgehead atoms. The van der Waals surface area contributed by atoms with Crippen molar-refractivity contribution in [3.63, 3.8) is 0 Å². The molecule has 0 N–H and O–H groups in total. The molecule has 1 rings (SSSR count). The third kappa shape index (κ3) is 6.15. The van der Waals surface area contributed by atoms with E-state index < -0.39 is 9.05 Å². The van der Waals surface area contributed by atoms with Gasteiger partial charge < -0.3 is 4.74 Å². The van der Waals surface area contributed by atoms with Gasteiger partial charge in [-0.2, -0.15) is 0 Å². The Morgan fingerprint density at radius 2 is 2.00 bits per heavy atom. The van der Waals surface area contributed by atoms with Gasteiger partial charge in [0.2, 0.25) is 9.05 Å². The average molecular weight is 297 g/mol. The van der Waals surface area contributed by atoms with E-state index in [9.17, 15) is 8.42 Å². The first-order valence-corrected chi connectivity index (χ1v) is 8.05. The van der Waals surface area contributed by atoms with E-state index in [1.807, 2.05) is 19.1 Å². The van der Waals surface area contributed by atoms with Crippen molar-refractivity contribution in [2.24, 2.45) is 0 Å². The van der Waals surface area contributed by atoms with Crippen LogP contribution in [0.1, 0.15) is 18.4 Å². The fourth-order valence-electron chi connectivity index (χ4n) is 1.28. The fourth-order valence-corrected chi connectivity index (χ4v) is 2.45. The molecular formula is C11H14Cl2O3S. The molecule has 0 amide bonds. The van der Waals surface area contributed by atoms with Crippen LogP contribution in [0.15, 0.2) is 18.2 Å². The quantitative estimate of drug-likeness (QED) is 0.597. The van der Waals surface area contributed by atoms with E-state index in [0.29, 0.717) is 30.2 Å². The van der Waals surface area contributed by atoms with Gasteiger partial charge in [0, 0.05) is 10.7 Å². The summed E-state index contributed by atoms with van der Waals surface area (Å²) in [5.74, 6) is 0.588. The third-order valence-electron chi connectivity index (χ3n) is 2.13. The molecule has 0 saturated carbocycles. The lowest BCUT2D eigenvalue weighted by molar-refractivity contribution is 0.310. The molecule has 0 aliphatic carbocycles. The van der Waals surface area contributed by atoms with Crippen molar-refractivity contribution in [1.29, 1.82) is 0 Å². The highest BCUT2D eigenvalue weighted by Crippen LogP contribution is 2.25. The lowest BCUT2D eigenvalue weighted by Gasteiger charge is -2.08. The van der Waals surface area contributed by atoms with E-state index in [2.05, 4.69) is 0 Å². The average Bonchev–Trinajstić information content (AvgIpc) is 2.18. The molecule has 1 aromatic rings. The molecule has 0 aromatic heterocycles. The molecule has 3 nitrogen and oxygen atoms in total. The largest absolute Gasteiger partial charge is 0.492 e. The molecule has 6 heteroatoms. The zero-order valence-electron chi connectivity index (χ0n) is 9.45. The highest BCUT2D eigenvalue weighted by molar-refractivity contribution is 8.13. The van der Waals surface area contributed by atoms with Crippen LogP contribution >= 0.6 is 22.3 Å². The molecule has 0 aliphatic rings. The number of hydrogen-bond acceptors (Lipinski definition) is 3. The first-order valence-electron chi connectivity index (χ1n) is 5.20. The van der Waals surface area contributed by atoms with Crippen molar-refractivity contribution in [2.75, 3.05) is 12.4 Å². The minimum atomic E-state index is -3.39. The predicted octanol–water partition coefficient (Wildman–Crippen LogP) is 3.38. The molecule has 0 heterocycles. The van der Waals surface area contributed by atoms with Crippen LogP contribution < -0.4 is 4.74 Å². The molecule has 1 aromatic carbocycles. The molecule has 17 heavy (non-hydrogen) atoms. The second-order valence-corrected chi connectivity index (χ2v) is 7.04. The van der Waals surface area contributed by atoms with E-state index in [1.54, 1.807) is 6.07 Å². The monoisotopic (exact) mass is 296 g/mol. The number of aryl methyl sites for hydroxylation is 1. The van der Waals surface area contributed by atoms with Crippen LogP contribution in [0.4, 0.5) is 0 Å². The molecule has 96 valence electrons. The molecule has 0 radical (unpaired) electrons. The molecular weight excluding hydrogens is 283 g/mol. The Morgan fingerprint density at radius 3 is 2.59 bits per heavy atom. The van der Waals surface area contributed by atoms with Crippen LogP contribution in [0.5, 0.6) is 5.75 Å². The van der Waals surface area contributed by atoms with E-state index in [-0.39, 0.29) is 5.75 Å². The summed E-state index contributed by atoms with van der Waals surface area (Å²) < 4.78 is 26.8. The second kappa shape index (κ2) is 6.47. The van der Waals surface area contributed by atoms with E-state index >= 15 is 0 Å². The second-order valence-electron chi connectivity index (χ2n) is 3.73. The van der Waals surface area contributed by atoms with Crippen molar-refractivity contribution in [3.8, 4) is 5.75 Å². The summed E-state index contributed by atoms with van der Waals surface area (Å²) >= 11 is 5.97. The van der Waals surface area contributed by atoms with Crippen molar-refractivity contribution < 1.29 is 13.2 Å². The van der Waals surface area contributed by atoms with Crippen LogP contribution in [0.3, 0.4) is 0 Å². The Kier molecular flexibility index (Phi) is 5.56. The van der Waals surface area contributed by atoms with Crippen molar-refractivity contribution >= 4 is 31.3 Å². The fraction of sp³-hybridized carbons (Fsp3) is 0.455. The molecule has 0 unspecified atom stereocenters. The molecule has 0 fully saturated rings. The van der Waals surface area contributed by atoms with Crippen LogP contribution in [-0.2, 0) is 9.05 Å². The highest BCUT2D eigenvalue weighted by Gasteiger charge is 2.05. The van der Waals surface area contributed by atoms with E-state index in [4.69, 9.17) is 27.0 Å². The number of hydrogen-bond donors (Lipinski definition) is 0. The SMILES string of the molecule is Cc1ccc(OCCCCS(=O)(=O)Cl)c(Cl)c1. The van der Waals surface area contributed by atoms with Gasteiger partial charge in [-0.25, -0.2) is 8.42 Å². The Bertz CT molecular complexity index is 472. The number of ether oxygens (including phenoxy) is 1. The summed E-state index contributed by atoms with van der Waals surface area (Å²) in [4.78, 5) is 0. The van der Waals surface area contributed by atoms with Crippen molar-refractivity contribution in [1.82, 2.24) is 0 Å². The van der Waals surface area contributed by atoms with Crippen molar-refractivity contribution in [3.05, 3.63) is 28.8 Å². The van der Waals surface area contributed by atoms with Crippen LogP contribution in [0.2, 0.25) is 5.02 Å². The highest BCUT2D eigenvalue weighted by atomic mass is 35.7. The van der Waals surface area contributed by atoms with Gasteiger partial charge in [0.15, 0.2) is 0 Å². The zero-order chi connectivity index (χ0) is 12.9. The first kappa shape index (κ1) is 14.6. The maximum Gasteiger partial charge on any atom is 0.232 e.